The molecule has 1 heterocycles. The van der Waals surface area contributed by atoms with E-state index in [0.29, 0.717) is 0 Å². The molecule has 0 aromatic heterocycles. The predicted molar refractivity (Wildman–Crippen MR) is 106 cm³/mol. The van der Waals surface area contributed by atoms with Crippen LogP contribution in [0.3, 0.4) is 0 Å². The largest absolute Gasteiger partial charge is 0.488 e. The van der Waals surface area contributed by atoms with Crippen LogP contribution in [0.4, 0.5) is 27.6 Å². The van der Waals surface area contributed by atoms with Crippen LogP contribution in [0.25, 0.3) is 6.08 Å². The van der Waals surface area contributed by atoms with Gasteiger partial charge in [-0.05, 0) is 42.8 Å². The van der Waals surface area contributed by atoms with Crippen molar-refractivity contribution in [2.75, 3.05) is 17.6 Å². The minimum absolute atomic E-state index is 0.0254. The summed E-state index contributed by atoms with van der Waals surface area (Å²) >= 11 is 0. The second-order valence-electron chi connectivity index (χ2n) is 7.14. The molecule has 1 aliphatic heterocycles. The number of hydrogen-bond acceptors (Lipinski definition) is 4. The van der Waals surface area contributed by atoms with Crippen molar-refractivity contribution in [3.8, 4) is 5.75 Å². The number of ether oxygens (including phenoxy) is 1. The summed E-state index contributed by atoms with van der Waals surface area (Å²) in [6.45, 7) is 1.15. The summed E-state index contributed by atoms with van der Waals surface area (Å²) in [7, 11) is -3.91. The Morgan fingerprint density at radius 3 is 2.31 bits per heavy atom. The number of carbonyl (C=O) groups is 1. The van der Waals surface area contributed by atoms with Gasteiger partial charge in [0.05, 0.1) is 23.4 Å². The van der Waals surface area contributed by atoms with Gasteiger partial charge >= 0.3 is 6.18 Å². The number of halogens is 5. The molecule has 3 rings (SSSR count). The molecule has 2 aromatic rings. The Balaban J connectivity index is 1.77. The maximum Gasteiger partial charge on any atom is 0.416 e. The van der Waals surface area contributed by atoms with E-state index < -0.39 is 51.0 Å². The van der Waals surface area contributed by atoms with Crippen molar-refractivity contribution in [2.45, 2.75) is 19.1 Å². The third-order valence-corrected chi connectivity index (χ3v) is 5.12. The highest BCUT2D eigenvalue weighted by atomic mass is 32.2. The van der Waals surface area contributed by atoms with E-state index in [1.807, 2.05) is 0 Å². The number of amides is 1. The van der Waals surface area contributed by atoms with E-state index in [1.54, 1.807) is 4.72 Å². The molecule has 32 heavy (non-hydrogen) atoms. The molecular formula is C20H17F5N2O4S. The highest BCUT2D eigenvalue weighted by Crippen LogP contribution is 2.35. The first-order valence-electron chi connectivity index (χ1n) is 9.07. The fourth-order valence-corrected chi connectivity index (χ4v) is 3.54. The second kappa shape index (κ2) is 8.41. The predicted octanol–water partition coefficient (Wildman–Crippen LogP) is 4.01. The Labute approximate surface area is 180 Å². The summed E-state index contributed by atoms with van der Waals surface area (Å²) in [6.07, 6.45) is -2.43. The minimum atomic E-state index is -4.54. The van der Waals surface area contributed by atoms with E-state index in [4.69, 9.17) is 4.74 Å². The first kappa shape index (κ1) is 23.5. The molecule has 0 fully saturated rings. The number of nitrogens with one attached hydrogen (secondary N) is 2. The van der Waals surface area contributed by atoms with Crippen LogP contribution in [-0.4, -0.2) is 27.2 Å². The fourth-order valence-electron chi connectivity index (χ4n) is 2.97. The summed E-state index contributed by atoms with van der Waals surface area (Å²) in [5.74, 6) is -3.01. The topological polar surface area (TPSA) is 84.5 Å². The van der Waals surface area contributed by atoms with E-state index in [2.05, 4.69) is 5.32 Å². The lowest BCUT2D eigenvalue weighted by atomic mass is 10.0. The Bertz CT molecular complexity index is 1190. The Morgan fingerprint density at radius 1 is 1.12 bits per heavy atom. The monoisotopic (exact) mass is 476 g/mol. The van der Waals surface area contributed by atoms with E-state index in [9.17, 15) is 35.2 Å². The van der Waals surface area contributed by atoms with Gasteiger partial charge < -0.3 is 10.1 Å². The van der Waals surface area contributed by atoms with Crippen LogP contribution in [0.5, 0.6) is 5.75 Å². The molecule has 12 heteroatoms. The lowest BCUT2D eigenvalue weighted by Gasteiger charge is -2.21. The van der Waals surface area contributed by atoms with Crippen molar-refractivity contribution in [1.82, 2.24) is 5.32 Å². The smallest absolute Gasteiger partial charge is 0.416 e. The third kappa shape index (κ3) is 5.36. The first-order chi connectivity index (χ1) is 14.7. The summed E-state index contributed by atoms with van der Waals surface area (Å²) in [5, 5.41) is 2.52. The second-order valence-corrected chi connectivity index (χ2v) is 8.89. The molecule has 0 bridgehead atoms. The molecule has 0 unspecified atom stereocenters. The normalized spacial score (nSPS) is 14.7. The van der Waals surface area contributed by atoms with Crippen LogP contribution in [-0.2, 0) is 21.0 Å². The van der Waals surface area contributed by atoms with Crippen LogP contribution in [0.15, 0.2) is 35.9 Å². The van der Waals surface area contributed by atoms with Crippen LogP contribution in [0.2, 0.25) is 0 Å². The van der Waals surface area contributed by atoms with E-state index in [0.717, 1.165) is 30.5 Å². The zero-order valence-electron chi connectivity index (χ0n) is 16.7. The van der Waals surface area contributed by atoms with Gasteiger partial charge in [0, 0.05) is 5.56 Å². The van der Waals surface area contributed by atoms with Crippen molar-refractivity contribution in [1.29, 1.82) is 0 Å². The molecule has 6 nitrogen and oxygen atoms in total. The van der Waals surface area contributed by atoms with Crippen molar-refractivity contribution in [2.24, 2.45) is 0 Å². The lowest BCUT2D eigenvalue weighted by Crippen LogP contribution is -2.31. The Morgan fingerprint density at radius 2 is 1.75 bits per heavy atom. The van der Waals surface area contributed by atoms with Crippen LogP contribution < -0.4 is 14.8 Å². The summed E-state index contributed by atoms with van der Waals surface area (Å²) in [6, 6.07) is 3.74. The average Bonchev–Trinajstić information content (AvgIpc) is 2.68. The van der Waals surface area contributed by atoms with Gasteiger partial charge in [0.1, 0.15) is 18.0 Å². The first-order valence-corrected chi connectivity index (χ1v) is 11.0. The number of hydrogen-bond donors (Lipinski definition) is 2. The number of alkyl halides is 3. The third-order valence-electron chi connectivity index (χ3n) is 4.54. The number of sulfonamides is 1. The molecule has 0 aliphatic carbocycles. The van der Waals surface area contributed by atoms with E-state index in [-0.39, 0.29) is 29.1 Å². The molecule has 0 spiro atoms. The van der Waals surface area contributed by atoms with Crippen LogP contribution >= 0.6 is 0 Å². The molecule has 1 aliphatic rings. The van der Waals surface area contributed by atoms with Gasteiger partial charge in [-0.15, -0.1) is 0 Å². The molecule has 2 aromatic carbocycles. The van der Waals surface area contributed by atoms with Crippen LogP contribution in [0, 0.1) is 11.6 Å². The van der Waals surface area contributed by atoms with Crippen molar-refractivity contribution in [3.05, 3.63) is 64.2 Å². The zero-order chi connectivity index (χ0) is 23.8. The molecule has 172 valence electrons. The van der Waals surface area contributed by atoms with E-state index >= 15 is 0 Å². The maximum absolute atomic E-state index is 14.2. The lowest BCUT2D eigenvalue weighted by molar-refractivity contribution is -0.137. The minimum Gasteiger partial charge on any atom is -0.488 e. The number of fused-ring (bicyclic) bond motifs is 1. The molecule has 0 radical (unpaired) electrons. The zero-order valence-corrected chi connectivity index (χ0v) is 17.5. The van der Waals surface area contributed by atoms with Gasteiger partial charge in [-0.1, -0.05) is 6.07 Å². The Hall–Kier alpha value is -3.15. The Kier molecular flexibility index (Phi) is 6.18. The summed E-state index contributed by atoms with van der Waals surface area (Å²) in [4.78, 5) is 12.5. The van der Waals surface area contributed by atoms with Gasteiger partial charge in [-0.2, -0.15) is 13.2 Å². The maximum atomic E-state index is 14.2. The summed E-state index contributed by atoms with van der Waals surface area (Å²) in [5.41, 5.74) is -1.33. The quantitative estimate of drug-likeness (QED) is 0.639. The van der Waals surface area contributed by atoms with Crippen LogP contribution in [0.1, 0.15) is 29.7 Å². The van der Waals surface area contributed by atoms with Gasteiger partial charge in [-0.25, -0.2) is 17.2 Å². The molecule has 2 N–H and O–H groups in total. The van der Waals surface area contributed by atoms with Gasteiger partial charge in [0.25, 0.3) is 5.91 Å². The average molecular weight is 476 g/mol. The van der Waals surface area contributed by atoms with Gasteiger partial charge in [0.2, 0.25) is 10.0 Å². The molecule has 0 saturated carbocycles. The van der Waals surface area contributed by atoms with Crippen molar-refractivity contribution >= 4 is 27.7 Å². The number of carbonyl (C=O) groups excluding carboxylic acids is 1. The fraction of sp³-hybridized carbons (Fsp3) is 0.250. The number of rotatable bonds is 5. The molecular weight excluding hydrogens is 459 g/mol. The highest BCUT2D eigenvalue weighted by molar-refractivity contribution is 7.92. The SMILES string of the molecule is C[C@@H](NC(=O)C1=Cc2ccc(C(F)(F)F)cc2OC1)c1cc(F)c(NS(C)(=O)=O)c(F)c1. The molecule has 0 saturated heterocycles. The van der Waals surface area contributed by atoms with E-state index in [1.165, 1.54) is 19.1 Å². The van der Waals surface area contributed by atoms with Gasteiger partial charge in [0.15, 0.2) is 11.6 Å². The van der Waals surface area contributed by atoms with Crippen molar-refractivity contribution < 1.29 is 39.9 Å². The molecule has 1 amide bonds. The summed E-state index contributed by atoms with van der Waals surface area (Å²) < 4.78 is 96.2. The highest BCUT2D eigenvalue weighted by Gasteiger charge is 2.32. The molecule has 1 atom stereocenters. The van der Waals surface area contributed by atoms with Crippen molar-refractivity contribution in [3.63, 3.8) is 0 Å². The number of anilines is 1. The van der Waals surface area contributed by atoms with Gasteiger partial charge in [-0.3, -0.25) is 9.52 Å². The standard InChI is InChI=1S/C20H17F5N2O4S/c1-10(12-6-15(21)18(16(22)7-12)27-32(2,29)30)26-19(28)13-5-11-3-4-14(20(23,24)25)8-17(11)31-9-13/h3-8,10,27H,9H2,1-2H3,(H,26,28)/t10-/m1/s1. The number of benzene rings is 2.